The lowest BCUT2D eigenvalue weighted by Gasteiger charge is -2.13. The van der Waals surface area contributed by atoms with Crippen molar-refractivity contribution in [3.8, 4) is 5.75 Å². The molecule has 1 aromatic carbocycles. The summed E-state index contributed by atoms with van der Waals surface area (Å²) in [5, 5.41) is 2.88. The van der Waals surface area contributed by atoms with E-state index in [1.54, 1.807) is 20.8 Å². The second-order valence-electron chi connectivity index (χ2n) is 6.44. The number of amides is 1. The Morgan fingerprint density at radius 2 is 1.88 bits per heavy atom. The fourth-order valence-electron chi connectivity index (χ4n) is 2.79. The molecule has 0 bridgehead atoms. The lowest BCUT2D eigenvalue weighted by atomic mass is 10.1. The average molecular weight is 358 g/mol. The van der Waals surface area contributed by atoms with Gasteiger partial charge in [0, 0.05) is 11.4 Å². The summed E-state index contributed by atoms with van der Waals surface area (Å²) in [6.07, 6.45) is 0.0840. The van der Waals surface area contributed by atoms with Gasteiger partial charge < -0.3 is 19.8 Å². The van der Waals surface area contributed by atoms with E-state index in [4.69, 9.17) is 9.47 Å². The molecule has 0 atom stereocenters. The molecule has 0 spiro atoms. The van der Waals surface area contributed by atoms with Crippen molar-refractivity contribution in [2.45, 2.75) is 47.6 Å². The minimum atomic E-state index is -0.427. The highest BCUT2D eigenvalue weighted by Gasteiger charge is 2.23. The first kappa shape index (κ1) is 19.6. The van der Waals surface area contributed by atoms with Gasteiger partial charge in [0.05, 0.1) is 18.3 Å². The van der Waals surface area contributed by atoms with E-state index in [9.17, 15) is 9.59 Å². The maximum atomic E-state index is 12.7. The Morgan fingerprint density at radius 1 is 1.19 bits per heavy atom. The summed E-state index contributed by atoms with van der Waals surface area (Å²) in [5.74, 6) is 0.0259. The summed E-state index contributed by atoms with van der Waals surface area (Å²) in [5.41, 5.74) is 3.54. The summed E-state index contributed by atoms with van der Waals surface area (Å²) in [6.45, 7) is 11.3. The van der Waals surface area contributed by atoms with Crippen molar-refractivity contribution in [3.05, 3.63) is 46.3 Å². The van der Waals surface area contributed by atoms with Crippen LogP contribution in [0.4, 0.5) is 5.69 Å². The van der Waals surface area contributed by atoms with Crippen molar-refractivity contribution in [3.63, 3.8) is 0 Å². The molecular weight excluding hydrogens is 332 g/mol. The lowest BCUT2D eigenvalue weighted by molar-refractivity contribution is 0.0525. The van der Waals surface area contributed by atoms with Gasteiger partial charge in [-0.2, -0.15) is 0 Å². The largest absolute Gasteiger partial charge is 0.491 e. The summed E-state index contributed by atoms with van der Waals surface area (Å²) in [4.78, 5) is 27.7. The zero-order valence-corrected chi connectivity index (χ0v) is 16.1. The molecule has 1 amide bonds. The van der Waals surface area contributed by atoms with Crippen molar-refractivity contribution < 1.29 is 19.1 Å². The maximum absolute atomic E-state index is 12.7. The number of anilines is 1. The van der Waals surface area contributed by atoms with Crippen molar-refractivity contribution in [2.75, 3.05) is 11.9 Å². The quantitative estimate of drug-likeness (QED) is 0.760. The number of ether oxygens (including phenoxy) is 2. The SMILES string of the molecule is CCOC(=O)c1c(C)[nH]c(C(=O)Nc2ccc(OC(C)C)cc2C)c1C. The van der Waals surface area contributed by atoms with Gasteiger partial charge in [0.25, 0.3) is 5.91 Å². The van der Waals surface area contributed by atoms with E-state index in [1.165, 1.54) is 0 Å². The molecule has 0 aliphatic heterocycles. The van der Waals surface area contributed by atoms with Crippen LogP contribution in [0.1, 0.15) is 58.4 Å². The minimum Gasteiger partial charge on any atom is -0.491 e. The Kier molecular flexibility index (Phi) is 6.08. The molecule has 2 N–H and O–H groups in total. The van der Waals surface area contributed by atoms with Crippen LogP contribution in [0.5, 0.6) is 5.75 Å². The number of nitrogens with one attached hydrogen (secondary N) is 2. The highest BCUT2D eigenvalue weighted by molar-refractivity contribution is 6.07. The Balaban J connectivity index is 2.23. The van der Waals surface area contributed by atoms with E-state index < -0.39 is 5.97 Å². The summed E-state index contributed by atoms with van der Waals surface area (Å²) in [6, 6.07) is 5.51. The number of aromatic nitrogens is 1. The predicted octanol–water partition coefficient (Wildman–Crippen LogP) is 4.16. The van der Waals surface area contributed by atoms with E-state index in [0.717, 1.165) is 11.3 Å². The lowest BCUT2D eigenvalue weighted by Crippen LogP contribution is -2.15. The molecule has 26 heavy (non-hydrogen) atoms. The molecule has 1 aromatic heterocycles. The molecule has 2 rings (SSSR count). The van der Waals surface area contributed by atoms with Gasteiger partial charge in [-0.15, -0.1) is 0 Å². The number of hydrogen-bond acceptors (Lipinski definition) is 4. The molecule has 0 aliphatic carbocycles. The zero-order chi connectivity index (χ0) is 19.4. The van der Waals surface area contributed by atoms with Gasteiger partial charge in [-0.1, -0.05) is 0 Å². The zero-order valence-electron chi connectivity index (χ0n) is 16.1. The third-order valence-corrected chi connectivity index (χ3v) is 3.96. The molecule has 0 aliphatic rings. The molecule has 140 valence electrons. The van der Waals surface area contributed by atoms with Gasteiger partial charge in [0.1, 0.15) is 11.4 Å². The van der Waals surface area contributed by atoms with Crippen LogP contribution in [-0.4, -0.2) is 29.6 Å². The highest BCUT2D eigenvalue weighted by Crippen LogP contribution is 2.24. The summed E-state index contributed by atoms with van der Waals surface area (Å²) in [7, 11) is 0. The molecule has 6 heteroatoms. The van der Waals surface area contributed by atoms with Crippen LogP contribution in [0.15, 0.2) is 18.2 Å². The van der Waals surface area contributed by atoms with Crippen LogP contribution in [0.3, 0.4) is 0 Å². The van der Waals surface area contributed by atoms with Crippen LogP contribution in [0.2, 0.25) is 0 Å². The second-order valence-corrected chi connectivity index (χ2v) is 6.44. The normalized spacial score (nSPS) is 10.7. The van der Waals surface area contributed by atoms with Crippen molar-refractivity contribution in [1.29, 1.82) is 0 Å². The van der Waals surface area contributed by atoms with E-state index >= 15 is 0 Å². The third-order valence-electron chi connectivity index (χ3n) is 3.96. The molecular formula is C20H26N2O4. The predicted molar refractivity (Wildman–Crippen MR) is 101 cm³/mol. The minimum absolute atomic E-state index is 0.0840. The fourth-order valence-corrected chi connectivity index (χ4v) is 2.79. The van der Waals surface area contributed by atoms with E-state index in [0.29, 0.717) is 28.2 Å². The summed E-state index contributed by atoms with van der Waals surface area (Å²) < 4.78 is 10.7. The Hall–Kier alpha value is -2.76. The molecule has 0 unspecified atom stereocenters. The average Bonchev–Trinajstić information content (AvgIpc) is 2.84. The molecule has 0 radical (unpaired) electrons. The first-order valence-corrected chi connectivity index (χ1v) is 8.69. The standard InChI is InChI=1S/C20H26N2O4/c1-7-25-20(24)17-13(5)18(21-14(17)6)19(23)22-16-9-8-15(10-12(16)4)26-11(2)3/h8-11,21H,7H2,1-6H3,(H,22,23). The Labute approximate surface area is 153 Å². The molecule has 6 nitrogen and oxygen atoms in total. The van der Waals surface area contributed by atoms with Gasteiger partial charge in [0.15, 0.2) is 0 Å². The van der Waals surface area contributed by atoms with Crippen molar-refractivity contribution in [2.24, 2.45) is 0 Å². The van der Waals surface area contributed by atoms with E-state index in [-0.39, 0.29) is 18.6 Å². The number of carbonyl (C=O) groups is 2. The van der Waals surface area contributed by atoms with Crippen LogP contribution in [0.25, 0.3) is 0 Å². The topological polar surface area (TPSA) is 80.4 Å². The Morgan fingerprint density at radius 3 is 2.46 bits per heavy atom. The van der Waals surface area contributed by atoms with Crippen molar-refractivity contribution >= 4 is 17.6 Å². The molecule has 0 saturated carbocycles. The van der Waals surface area contributed by atoms with Gasteiger partial charge in [-0.3, -0.25) is 4.79 Å². The van der Waals surface area contributed by atoms with Gasteiger partial charge in [0.2, 0.25) is 0 Å². The molecule has 2 aromatic rings. The molecule has 0 fully saturated rings. The summed E-state index contributed by atoms with van der Waals surface area (Å²) >= 11 is 0. The number of benzene rings is 1. The van der Waals surface area contributed by atoms with Gasteiger partial charge in [-0.05, 0) is 70.9 Å². The number of hydrogen-bond donors (Lipinski definition) is 2. The number of esters is 1. The third kappa shape index (κ3) is 4.25. The molecule has 0 saturated heterocycles. The van der Waals surface area contributed by atoms with Crippen LogP contribution in [-0.2, 0) is 4.74 Å². The highest BCUT2D eigenvalue weighted by atomic mass is 16.5. The number of H-pyrrole nitrogens is 1. The van der Waals surface area contributed by atoms with Gasteiger partial charge >= 0.3 is 5.97 Å². The van der Waals surface area contributed by atoms with Crippen molar-refractivity contribution in [1.82, 2.24) is 4.98 Å². The van der Waals surface area contributed by atoms with E-state index in [1.807, 2.05) is 39.0 Å². The second kappa shape index (κ2) is 8.08. The van der Waals surface area contributed by atoms with Crippen LogP contribution < -0.4 is 10.1 Å². The first-order valence-electron chi connectivity index (χ1n) is 8.69. The van der Waals surface area contributed by atoms with Gasteiger partial charge in [-0.25, -0.2) is 4.79 Å². The number of aryl methyl sites for hydroxylation is 2. The number of rotatable bonds is 6. The van der Waals surface area contributed by atoms with E-state index in [2.05, 4.69) is 10.3 Å². The number of aromatic amines is 1. The van der Waals surface area contributed by atoms with Crippen LogP contribution >= 0.6 is 0 Å². The first-order chi connectivity index (χ1) is 12.2. The number of carbonyl (C=O) groups excluding carboxylic acids is 2. The monoisotopic (exact) mass is 358 g/mol. The van der Waals surface area contributed by atoms with Crippen LogP contribution in [0, 0.1) is 20.8 Å². The fraction of sp³-hybridized carbons (Fsp3) is 0.400. The Bertz CT molecular complexity index is 821. The maximum Gasteiger partial charge on any atom is 0.340 e. The molecule has 1 heterocycles. The smallest absolute Gasteiger partial charge is 0.340 e.